The summed E-state index contributed by atoms with van der Waals surface area (Å²) < 4.78 is 38.2. The minimum Gasteiger partial charge on any atom is -0.334 e. The summed E-state index contributed by atoms with van der Waals surface area (Å²) in [6.45, 7) is 0.807. The number of hydrogen-bond acceptors (Lipinski definition) is 4. The molecule has 0 radical (unpaired) electrons. The van der Waals surface area contributed by atoms with Gasteiger partial charge in [-0.2, -0.15) is 0 Å². The highest BCUT2D eigenvalue weighted by Gasteiger charge is 2.30. The molecule has 5 nitrogen and oxygen atoms in total. The van der Waals surface area contributed by atoms with Crippen LogP contribution in [0, 0.1) is 5.82 Å². The first-order valence-electron chi connectivity index (χ1n) is 6.96. The third-order valence-electron chi connectivity index (χ3n) is 3.79. The van der Waals surface area contributed by atoms with Gasteiger partial charge in [-0.15, -0.1) is 12.4 Å². The van der Waals surface area contributed by atoms with Crippen LogP contribution in [0.3, 0.4) is 0 Å². The number of amides is 1. The topological polar surface area (TPSA) is 80.5 Å². The molecule has 0 aliphatic carbocycles. The molecule has 1 aromatic carbocycles. The van der Waals surface area contributed by atoms with Gasteiger partial charge in [-0.3, -0.25) is 4.79 Å². The van der Waals surface area contributed by atoms with Crippen LogP contribution in [-0.4, -0.2) is 44.6 Å². The smallest absolute Gasteiger partial charge is 0.257 e. The second-order valence-electron chi connectivity index (χ2n) is 5.42. The predicted molar refractivity (Wildman–Crippen MR) is 92.2 cm³/mol. The summed E-state index contributed by atoms with van der Waals surface area (Å²) in [7, 11) is -3.76. The van der Waals surface area contributed by atoms with Gasteiger partial charge in [0, 0.05) is 29.9 Å². The lowest BCUT2D eigenvalue weighted by molar-refractivity contribution is 0.0618. The monoisotopic (exact) mass is 428 g/mol. The zero-order chi connectivity index (χ0) is 16.5. The first-order chi connectivity index (χ1) is 10.3. The second kappa shape index (κ2) is 7.92. The predicted octanol–water partition coefficient (Wildman–Crippen LogP) is 2.37. The number of nitrogens with two attached hydrogens (primary N) is 1. The summed E-state index contributed by atoms with van der Waals surface area (Å²) in [5.74, 6) is -1.52. The van der Waals surface area contributed by atoms with Gasteiger partial charge in [0.1, 0.15) is 4.90 Å². The van der Waals surface area contributed by atoms with Gasteiger partial charge in [0.05, 0.1) is 5.56 Å². The van der Waals surface area contributed by atoms with Crippen molar-refractivity contribution >= 4 is 44.1 Å². The molecule has 1 unspecified atom stereocenters. The average molecular weight is 430 g/mol. The average Bonchev–Trinajstić information content (AvgIpc) is 2.47. The number of halogens is 3. The molecule has 2 rings (SSSR count). The van der Waals surface area contributed by atoms with E-state index in [1.54, 1.807) is 4.90 Å². The highest BCUT2D eigenvalue weighted by molar-refractivity contribution is 9.10. The minimum absolute atomic E-state index is 0. The highest BCUT2D eigenvalue weighted by atomic mass is 79.9. The van der Waals surface area contributed by atoms with E-state index >= 15 is 0 Å². The van der Waals surface area contributed by atoms with Gasteiger partial charge in [0.25, 0.3) is 5.91 Å². The van der Waals surface area contributed by atoms with Crippen molar-refractivity contribution < 1.29 is 17.6 Å². The molecule has 1 amide bonds. The van der Waals surface area contributed by atoms with Gasteiger partial charge in [-0.25, -0.2) is 12.8 Å². The molecule has 23 heavy (non-hydrogen) atoms. The lowest BCUT2D eigenvalue weighted by Gasteiger charge is -2.35. The molecule has 0 bridgehead atoms. The Labute approximate surface area is 149 Å². The van der Waals surface area contributed by atoms with Crippen molar-refractivity contribution in [2.45, 2.75) is 30.2 Å². The van der Waals surface area contributed by atoms with E-state index in [9.17, 15) is 17.6 Å². The Kier molecular flexibility index (Phi) is 7.00. The van der Waals surface area contributed by atoms with Gasteiger partial charge >= 0.3 is 0 Å². The Bertz CT molecular complexity index is 700. The van der Waals surface area contributed by atoms with Crippen LogP contribution in [0.4, 0.5) is 4.39 Å². The molecule has 2 N–H and O–H groups in total. The third-order valence-corrected chi connectivity index (χ3v) is 5.35. The Morgan fingerprint density at radius 3 is 2.65 bits per heavy atom. The molecular weight excluding hydrogens is 411 g/mol. The molecule has 1 aliphatic heterocycles. The van der Waals surface area contributed by atoms with E-state index in [0.717, 1.165) is 31.6 Å². The maximum atomic E-state index is 14.5. The fourth-order valence-corrected chi connectivity index (χ4v) is 4.04. The van der Waals surface area contributed by atoms with Crippen molar-refractivity contribution in [1.29, 1.82) is 0 Å². The summed E-state index contributed by atoms with van der Waals surface area (Å²) >= 11 is 3.14. The van der Waals surface area contributed by atoms with E-state index < -0.39 is 26.5 Å². The largest absolute Gasteiger partial charge is 0.334 e. The Morgan fingerprint density at radius 1 is 1.43 bits per heavy atom. The quantitative estimate of drug-likeness (QED) is 0.800. The van der Waals surface area contributed by atoms with Crippen molar-refractivity contribution in [1.82, 2.24) is 4.90 Å². The molecule has 1 atom stereocenters. The Morgan fingerprint density at radius 2 is 2.09 bits per heavy atom. The molecule has 0 aromatic heterocycles. The van der Waals surface area contributed by atoms with Crippen molar-refractivity contribution in [3.63, 3.8) is 0 Å². The van der Waals surface area contributed by atoms with Crippen molar-refractivity contribution in [2.24, 2.45) is 5.73 Å². The van der Waals surface area contributed by atoms with Crippen molar-refractivity contribution in [3.05, 3.63) is 28.0 Å². The van der Waals surface area contributed by atoms with Crippen LogP contribution in [0.15, 0.2) is 21.5 Å². The molecule has 0 spiro atoms. The number of benzene rings is 1. The van der Waals surface area contributed by atoms with E-state index in [4.69, 9.17) is 5.73 Å². The summed E-state index contributed by atoms with van der Waals surface area (Å²) in [5.41, 5.74) is 5.44. The van der Waals surface area contributed by atoms with Gasteiger partial charge < -0.3 is 10.6 Å². The Balaban J connectivity index is 0.00000264. The fourth-order valence-electron chi connectivity index (χ4n) is 2.66. The lowest BCUT2D eigenvalue weighted by Crippen LogP contribution is -2.47. The first kappa shape index (κ1) is 20.3. The number of likely N-dealkylation sites (tertiary alicyclic amines) is 1. The van der Waals surface area contributed by atoms with Gasteiger partial charge in [-0.1, -0.05) is 15.9 Å². The summed E-state index contributed by atoms with van der Waals surface area (Å²) in [6.07, 6.45) is 3.49. The SMILES string of the molecule is CS(=O)(=O)c1cc(Br)cc(C(=O)N2CCCCC2CN)c1F.Cl. The molecule has 9 heteroatoms. The molecule has 1 fully saturated rings. The summed E-state index contributed by atoms with van der Waals surface area (Å²) in [5, 5.41) is 0. The van der Waals surface area contributed by atoms with E-state index in [1.807, 2.05) is 0 Å². The summed E-state index contributed by atoms with van der Waals surface area (Å²) in [4.78, 5) is 13.7. The van der Waals surface area contributed by atoms with E-state index in [0.29, 0.717) is 17.6 Å². The molecule has 1 aromatic rings. The van der Waals surface area contributed by atoms with Gasteiger partial charge in [0.2, 0.25) is 0 Å². The molecule has 1 heterocycles. The van der Waals surface area contributed by atoms with Crippen molar-refractivity contribution in [3.8, 4) is 0 Å². The molecule has 1 aliphatic rings. The highest BCUT2D eigenvalue weighted by Crippen LogP contribution is 2.27. The van der Waals surface area contributed by atoms with E-state index in [-0.39, 0.29) is 24.0 Å². The van der Waals surface area contributed by atoms with Gasteiger partial charge in [0.15, 0.2) is 15.7 Å². The van der Waals surface area contributed by atoms with Crippen LogP contribution in [-0.2, 0) is 9.84 Å². The minimum atomic E-state index is -3.76. The fraction of sp³-hybridized carbons (Fsp3) is 0.500. The van der Waals surface area contributed by atoms with Crippen LogP contribution in [0.2, 0.25) is 0 Å². The van der Waals surface area contributed by atoms with Crippen LogP contribution in [0.5, 0.6) is 0 Å². The van der Waals surface area contributed by atoms with E-state index in [1.165, 1.54) is 6.07 Å². The number of carbonyl (C=O) groups is 1. The normalized spacial score (nSPS) is 18.4. The molecular formula is C14H19BrClFN2O3S. The summed E-state index contributed by atoms with van der Waals surface area (Å²) in [6, 6.07) is 2.34. The first-order valence-corrected chi connectivity index (χ1v) is 9.64. The van der Waals surface area contributed by atoms with Crippen LogP contribution in [0.1, 0.15) is 29.6 Å². The standard InChI is InChI=1S/C14H18BrFN2O3S.ClH/c1-22(20,21)12-7-9(15)6-11(13(12)16)14(19)18-5-3-2-4-10(18)8-17;/h6-7,10H,2-5,8,17H2,1H3;1H. The number of nitrogens with zero attached hydrogens (tertiary/aromatic N) is 1. The molecule has 1 saturated heterocycles. The zero-order valence-corrected chi connectivity index (χ0v) is 15.8. The maximum Gasteiger partial charge on any atom is 0.257 e. The number of hydrogen-bond donors (Lipinski definition) is 1. The van der Waals surface area contributed by atoms with Crippen LogP contribution < -0.4 is 5.73 Å². The lowest BCUT2D eigenvalue weighted by atomic mass is 10.0. The number of rotatable bonds is 3. The molecule has 0 saturated carbocycles. The second-order valence-corrected chi connectivity index (χ2v) is 8.32. The Hall–Kier alpha value is -0.700. The van der Waals surface area contributed by atoms with Crippen LogP contribution >= 0.6 is 28.3 Å². The number of carbonyl (C=O) groups excluding carboxylic acids is 1. The third kappa shape index (κ3) is 4.43. The number of sulfone groups is 1. The van der Waals surface area contributed by atoms with E-state index in [2.05, 4.69) is 15.9 Å². The van der Waals surface area contributed by atoms with Crippen molar-refractivity contribution in [2.75, 3.05) is 19.3 Å². The van der Waals surface area contributed by atoms with Crippen LogP contribution in [0.25, 0.3) is 0 Å². The number of piperidine rings is 1. The zero-order valence-electron chi connectivity index (χ0n) is 12.6. The molecule has 130 valence electrons. The maximum absolute atomic E-state index is 14.5. The van der Waals surface area contributed by atoms with Gasteiger partial charge in [-0.05, 0) is 31.4 Å².